The fourth-order valence-electron chi connectivity index (χ4n) is 1.08. The highest BCUT2D eigenvalue weighted by molar-refractivity contribution is 5.78. The van der Waals surface area contributed by atoms with Gasteiger partial charge in [-0.1, -0.05) is 25.1 Å². The Kier molecular flexibility index (Phi) is 2.80. The molecular formula is C9H12N2O. The Hall–Kier alpha value is -1.38. The number of hydrogen-bond donors (Lipinski definition) is 1. The summed E-state index contributed by atoms with van der Waals surface area (Å²) in [6.07, 6.45) is 3.04. The zero-order chi connectivity index (χ0) is 8.97. The average Bonchev–Trinajstić information content (AvgIpc) is 2.05. The van der Waals surface area contributed by atoms with Gasteiger partial charge in [-0.05, 0) is 17.5 Å². The molecule has 0 saturated carbocycles. The topological polar surface area (TPSA) is 45.5 Å². The van der Waals surface area contributed by atoms with Gasteiger partial charge in [0, 0.05) is 6.20 Å². The quantitative estimate of drug-likeness (QED) is 0.413. The van der Waals surface area contributed by atoms with E-state index >= 15 is 0 Å². The molecule has 1 aromatic rings. The van der Waals surface area contributed by atoms with Gasteiger partial charge >= 0.3 is 0 Å². The minimum atomic E-state index is 0.395. The summed E-state index contributed by atoms with van der Waals surface area (Å²) in [7, 11) is 0. The van der Waals surface area contributed by atoms with Gasteiger partial charge in [0.1, 0.15) is 0 Å². The van der Waals surface area contributed by atoms with Crippen molar-refractivity contribution in [2.45, 2.75) is 19.8 Å². The molecule has 0 aliphatic carbocycles. The summed E-state index contributed by atoms with van der Waals surface area (Å²) in [5, 5.41) is 11.3. The highest BCUT2D eigenvalue weighted by atomic mass is 16.4. The molecule has 0 spiro atoms. The Bertz CT molecular complexity index is 282. The van der Waals surface area contributed by atoms with Gasteiger partial charge in [-0.15, -0.1) is 0 Å². The van der Waals surface area contributed by atoms with Crippen molar-refractivity contribution in [2.75, 3.05) is 0 Å². The summed E-state index contributed by atoms with van der Waals surface area (Å²) in [4.78, 5) is 4.08. The molecule has 1 heterocycles. The van der Waals surface area contributed by atoms with Crippen LogP contribution in [0.1, 0.15) is 31.0 Å². The lowest BCUT2D eigenvalue weighted by molar-refractivity contribution is 0.321. The van der Waals surface area contributed by atoms with E-state index in [1.54, 1.807) is 6.20 Å². The highest BCUT2D eigenvalue weighted by Crippen LogP contribution is 2.15. The minimum absolute atomic E-state index is 0.395. The molecule has 0 aliphatic rings. The maximum Gasteiger partial charge on any atom is 0.0921 e. The molecule has 0 radical (unpaired) electrons. The molecule has 1 rings (SSSR count). The molecule has 0 unspecified atom stereocenters. The van der Waals surface area contributed by atoms with Crippen molar-refractivity contribution in [3.63, 3.8) is 0 Å². The molecule has 0 bridgehead atoms. The van der Waals surface area contributed by atoms with Crippen LogP contribution in [0, 0.1) is 0 Å². The number of hydrogen-bond acceptors (Lipinski definition) is 3. The van der Waals surface area contributed by atoms with Crippen LogP contribution < -0.4 is 0 Å². The van der Waals surface area contributed by atoms with Gasteiger partial charge < -0.3 is 5.21 Å². The summed E-state index contributed by atoms with van der Waals surface area (Å²) < 4.78 is 0. The van der Waals surface area contributed by atoms with E-state index in [-0.39, 0.29) is 0 Å². The van der Waals surface area contributed by atoms with Gasteiger partial charge in [0.25, 0.3) is 0 Å². The van der Waals surface area contributed by atoms with Crippen LogP contribution in [0.3, 0.4) is 0 Å². The zero-order valence-electron chi connectivity index (χ0n) is 7.23. The monoisotopic (exact) mass is 164 g/mol. The third kappa shape index (κ3) is 1.81. The first-order valence-electron chi connectivity index (χ1n) is 3.88. The third-order valence-corrected chi connectivity index (χ3v) is 1.67. The van der Waals surface area contributed by atoms with E-state index in [4.69, 9.17) is 5.21 Å². The van der Waals surface area contributed by atoms with E-state index in [2.05, 4.69) is 24.0 Å². The van der Waals surface area contributed by atoms with Crippen molar-refractivity contribution < 1.29 is 5.21 Å². The van der Waals surface area contributed by atoms with Gasteiger partial charge in [-0.3, -0.25) is 4.98 Å². The SMILES string of the molecule is CC(C)c1cccnc1C=NO. The lowest BCUT2D eigenvalue weighted by Gasteiger charge is -2.06. The molecule has 0 amide bonds. The Morgan fingerprint density at radius 1 is 1.58 bits per heavy atom. The highest BCUT2D eigenvalue weighted by Gasteiger charge is 2.04. The standard InChI is InChI=1S/C9H12N2O/c1-7(2)8-4-3-5-10-9(8)6-11-12/h3-7,12H,1-2H3. The molecule has 1 aromatic heterocycles. The Morgan fingerprint density at radius 3 is 2.92 bits per heavy atom. The maximum atomic E-state index is 8.36. The molecule has 3 nitrogen and oxygen atoms in total. The molecule has 1 N–H and O–H groups in total. The number of rotatable bonds is 2. The van der Waals surface area contributed by atoms with Gasteiger partial charge in [-0.2, -0.15) is 0 Å². The predicted molar refractivity (Wildman–Crippen MR) is 47.7 cm³/mol. The first-order chi connectivity index (χ1) is 5.75. The lowest BCUT2D eigenvalue weighted by Crippen LogP contribution is -1.97. The third-order valence-electron chi connectivity index (χ3n) is 1.67. The fourth-order valence-corrected chi connectivity index (χ4v) is 1.08. The summed E-state index contributed by atoms with van der Waals surface area (Å²) in [6.45, 7) is 4.15. The summed E-state index contributed by atoms with van der Waals surface area (Å²) in [5.41, 5.74) is 1.82. The Morgan fingerprint density at radius 2 is 2.33 bits per heavy atom. The Labute approximate surface area is 71.8 Å². The molecule has 0 atom stereocenters. The molecule has 64 valence electrons. The molecule has 0 fully saturated rings. The van der Waals surface area contributed by atoms with Crippen molar-refractivity contribution in [3.8, 4) is 0 Å². The van der Waals surface area contributed by atoms with Crippen LogP contribution in [0.5, 0.6) is 0 Å². The number of pyridine rings is 1. The van der Waals surface area contributed by atoms with Gasteiger partial charge in [-0.25, -0.2) is 0 Å². The molecule has 12 heavy (non-hydrogen) atoms. The Balaban J connectivity index is 3.08. The van der Waals surface area contributed by atoms with Gasteiger partial charge in [0.05, 0.1) is 11.9 Å². The van der Waals surface area contributed by atoms with E-state index in [1.165, 1.54) is 6.21 Å². The molecule has 0 aromatic carbocycles. The fraction of sp³-hybridized carbons (Fsp3) is 0.333. The molecule has 0 saturated heterocycles. The predicted octanol–water partition coefficient (Wildman–Crippen LogP) is 2.01. The zero-order valence-corrected chi connectivity index (χ0v) is 7.23. The van der Waals surface area contributed by atoms with Crippen molar-refractivity contribution in [1.29, 1.82) is 0 Å². The van der Waals surface area contributed by atoms with Crippen molar-refractivity contribution in [3.05, 3.63) is 29.6 Å². The summed E-state index contributed by atoms with van der Waals surface area (Å²) in [6, 6.07) is 3.86. The average molecular weight is 164 g/mol. The van der Waals surface area contributed by atoms with E-state index < -0.39 is 0 Å². The van der Waals surface area contributed by atoms with Crippen molar-refractivity contribution in [1.82, 2.24) is 4.98 Å². The minimum Gasteiger partial charge on any atom is -0.411 e. The number of aromatic nitrogens is 1. The second kappa shape index (κ2) is 3.85. The second-order valence-electron chi connectivity index (χ2n) is 2.88. The first kappa shape index (κ1) is 8.71. The second-order valence-corrected chi connectivity index (χ2v) is 2.88. The smallest absolute Gasteiger partial charge is 0.0921 e. The molecule has 3 heteroatoms. The number of nitrogens with zero attached hydrogens (tertiary/aromatic N) is 2. The van der Waals surface area contributed by atoms with Crippen LogP contribution in [0.4, 0.5) is 0 Å². The maximum absolute atomic E-state index is 8.36. The number of oxime groups is 1. The van der Waals surface area contributed by atoms with Crippen LogP contribution in [0.15, 0.2) is 23.5 Å². The van der Waals surface area contributed by atoms with Crippen LogP contribution in [-0.4, -0.2) is 16.4 Å². The largest absolute Gasteiger partial charge is 0.411 e. The van der Waals surface area contributed by atoms with Crippen LogP contribution in [0.25, 0.3) is 0 Å². The molecular weight excluding hydrogens is 152 g/mol. The summed E-state index contributed by atoms with van der Waals surface area (Å²) in [5.74, 6) is 0.395. The van der Waals surface area contributed by atoms with Crippen LogP contribution in [-0.2, 0) is 0 Å². The van der Waals surface area contributed by atoms with Crippen LogP contribution in [0.2, 0.25) is 0 Å². The van der Waals surface area contributed by atoms with Crippen molar-refractivity contribution >= 4 is 6.21 Å². The first-order valence-corrected chi connectivity index (χ1v) is 3.88. The van der Waals surface area contributed by atoms with E-state index in [1.807, 2.05) is 12.1 Å². The van der Waals surface area contributed by atoms with Gasteiger partial charge in [0.15, 0.2) is 0 Å². The van der Waals surface area contributed by atoms with Crippen molar-refractivity contribution in [2.24, 2.45) is 5.16 Å². The van der Waals surface area contributed by atoms with Gasteiger partial charge in [0.2, 0.25) is 0 Å². The van der Waals surface area contributed by atoms with Crippen LogP contribution >= 0.6 is 0 Å². The lowest BCUT2D eigenvalue weighted by atomic mass is 10.0. The van der Waals surface area contributed by atoms with E-state index in [0.29, 0.717) is 5.92 Å². The van der Waals surface area contributed by atoms with E-state index in [0.717, 1.165) is 11.3 Å². The normalized spacial score (nSPS) is 11.2. The van der Waals surface area contributed by atoms with E-state index in [9.17, 15) is 0 Å². The molecule has 0 aliphatic heterocycles. The summed E-state index contributed by atoms with van der Waals surface area (Å²) >= 11 is 0.